The summed E-state index contributed by atoms with van der Waals surface area (Å²) < 4.78 is 31.6. The molecule has 6 nitrogen and oxygen atoms in total. The van der Waals surface area contributed by atoms with E-state index in [-0.39, 0.29) is 17.5 Å². The molecule has 2 aromatic rings. The average Bonchev–Trinajstić information content (AvgIpc) is 2.58. The molecule has 0 radical (unpaired) electrons. The molecule has 23 heavy (non-hydrogen) atoms. The van der Waals surface area contributed by atoms with Gasteiger partial charge in [0.1, 0.15) is 11.6 Å². The van der Waals surface area contributed by atoms with Crippen LogP contribution in [0.1, 0.15) is 10.4 Å². The van der Waals surface area contributed by atoms with Crippen molar-refractivity contribution in [1.29, 1.82) is 0 Å². The minimum atomic E-state index is -0.748. The number of amides is 1. The highest BCUT2D eigenvalue weighted by molar-refractivity contribution is 5.93. The minimum absolute atomic E-state index is 0.0543. The summed E-state index contributed by atoms with van der Waals surface area (Å²) in [6.45, 7) is 2.07. The molecule has 0 saturated carbocycles. The third-order valence-electron chi connectivity index (χ3n) is 3.37. The van der Waals surface area contributed by atoms with Crippen molar-refractivity contribution in [1.82, 2.24) is 14.9 Å². The van der Waals surface area contributed by atoms with Gasteiger partial charge in [0.25, 0.3) is 5.91 Å². The van der Waals surface area contributed by atoms with Crippen LogP contribution in [0.15, 0.2) is 30.6 Å². The zero-order valence-corrected chi connectivity index (χ0v) is 12.1. The fourth-order valence-electron chi connectivity index (χ4n) is 2.16. The van der Waals surface area contributed by atoms with Crippen LogP contribution in [-0.4, -0.2) is 47.1 Å². The lowest BCUT2D eigenvalue weighted by Gasteiger charge is -2.26. The number of carbonyl (C=O) groups is 1. The molecule has 3 rings (SSSR count). The molecule has 0 spiro atoms. The van der Waals surface area contributed by atoms with Gasteiger partial charge in [-0.25, -0.2) is 18.7 Å². The summed E-state index contributed by atoms with van der Waals surface area (Å²) in [4.78, 5) is 21.9. The maximum atomic E-state index is 13.6. The number of nitrogens with one attached hydrogen (secondary N) is 1. The van der Waals surface area contributed by atoms with Crippen molar-refractivity contribution in [3.05, 3.63) is 47.8 Å². The summed E-state index contributed by atoms with van der Waals surface area (Å²) in [5.74, 6) is -1.47. The van der Waals surface area contributed by atoms with Crippen molar-refractivity contribution in [3.63, 3.8) is 0 Å². The number of halogens is 2. The fraction of sp³-hybridized carbons (Fsp3) is 0.267. The van der Waals surface area contributed by atoms with E-state index in [0.717, 1.165) is 12.1 Å². The first-order valence-electron chi connectivity index (χ1n) is 7.04. The van der Waals surface area contributed by atoms with Crippen LogP contribution in [0.4, 0.5) is 20.4 Å². The quantitative estimate of drug-likeness (QED) is 0.936. The molecular weight excluding hydrogens is 306 g/mol. The molecule has 2 heterocycles. The Labute approximate surface area is 131 Å². The lowest BCUT2D eigenvalue weighted by atomic mass is 10.2. The van der Waals surface area contributed by atoms with Gasteiger partial charge in [-0.15, -0.1) is 0 Å². The number of ether oxygens (including phenoxy) is 1. The van der Waals surface area contributed by atoms with E-state index in [2.05, 4.69) is 15.3 Å². The largest absolute Gasteiger partial charge is 0.378 e. The Hall–Kier alpha value is -2.61. The minimum Gasteiger partial charge on any atom is -0.378 e. The normalized spacial score (nSPS) is 14.6. The average molecular weight is 320 g/mol. The first-order chi connectivity index (χ1) is 11.1. The van der Waals surface area contributed by atoms with Gasteiger partial charge >= 0.3 is 0 Å². The third-order valence-corrected chi connectivity index (χ3v) is 3.37. The Morgan fingerprint density at radius 3 is 2.52 bits per heavy atom. The topological polar surface area (TPSA) is 67.4 Å². The van der Waals surface area contributed by atoms with E-state index >= 15 is 0 Å². The summed E-state index contributed by atoms with van der Waals surface area (Å²) in [7, 11) is 0. The molecule has 1 saturated heterocycles. The Bertz CT molecular complexity index is 703. The van der Waals surface area contributed by atoms with Crippen molar-refractivity contribution < 1.29 is 18.3 Å². The second-order valence-corrected chi connectivity index (χ2v) is 4.95. The number of nitrogens with zero attached hydrogens (tertiary/aromatic N) is 3. The highest BCUT2D eigenvalue weighted by atomic mass is 19.1. The Morgan fingerprint density at radius 1 is 1.17 bits per heavy atom. The second-order valence-electron chi connectivity index (χ2n) is 4.95. The molecule has 1 aromatic carbocycles. The lowest BCUT2D eigenvalue weighted by molar-refractivity contribution is 0.0302. The number of benzene rings is 1. The number of rotatable bonds is 3. The van der Waals surface area contributed by atoms with E-state index in [0.29, 0.717) is 31.9 Å². The molecule has 1 aliphatic rings. The third kappa shape index (κ3) is 3.59. The summed E-state index contributed by atoms with van der Waals surface area (Å²) in [5, 5.41) is 2.64. The Balaban J connectivity index is 1.70. The van der Waals surface area contributed by atoms with Gasteiger partial charge in [-0.2, -0.15) is 0 Å². The van der Waals surface area contributed by atoms with E-state index < -0.39 is 11.6 Å². The molecule has 1 amide bonds. The number of anilines is 2. The van der Waals surface area contributed by atoms with Crippen molar-refractivity contribution >= 4 is 17.5 Å². The summed E-state index contributed by atoms with van der Waals surface area (Å²) in [6.07, 6.45) is 2.74. The van der Waals surface area contributed by atoms with Crippen LogP contribution in [0.2, 0.25) is 0 Å². The smallest absolute Gasteiger partial charge is 0.257 e. The van der Waals surface area contributed by atoms with Crippen molar-refractivity contribution in [2.24, 2.45) is 0 Å². The maximum absolute atomic E-state index is 13.6. The van der Waals surface area contributed by atoms with Crippen molar-refractivity contribution in [3.8, 4) is 0 Å². The predicted molar refractivity (Wildman–Crippen MR) is 78.4 cm³/mol. The van der Waals surface area contributed by atoms with Crippen molar-refractivity contribution in [2.45, 2.75) is 0 Å². The maximum Gasteiger partial charge on any atom is 0.257 e. The van der Waals surface area contributed by atoms with Gasteiger partial charge in [-0.1, -0.05) is 0 Å². The van der Waals surface area contributed by atoms with Gasteiger partial charge in [0.15, 0.2) is 0 Å². The molecule has 1 aromatic heterocycles. The van der Waals surface area contributed by atoms with Crippen LogP contribution in [-0.2, 0) is 4.74 Å². The summed E-state index contributed by atoms with van der Waals surface area (Å²) in [6, 6.07) is 3.14. The van der Waals surface area contributed by atoms with Gasteiger partial charge in [-0.05, 0) is 12.1 Å². The molecule has 0 aliphatic carbocycles. The summed E-state index contributed by atoms with van der Waals surface area (Å²) in [5.41, 5.74) is 0.399. The van der Waals surface area contributed by atoms with Gasteiger partial charge in [0, 0.05) is 31.5 Å². The molecule has 1 N–H and O–H groups in total. The molecule has 0 atom stereocenters. The highest BCUT2D eigenvalue weighted by Gasteiger charge is 2.19. The highest BCUT2D eigenvalue weighted by Crippen LogP contribution is 2.18. The van der Waals surface area contributed by atoms with Crippen molar-refractivity contribution in [2.75, 3.05) is 31.6 Å². The molecule has 0 bridgehead atoms. The lowest BCUT2D eigenvalue weighted by Crippen LogP contribution is -2.40. The van der Waals surface area contributed by atoms with Gasteiger partial charge < -0.3 is 15.0 Å². The van der Waals surface area contributed by atoms with E-state index in [1.165, 1.54) is 18.5 Å². The molecule has 120 valence electrons. The monoisotopic (exact) mass is 320 g/mol. The molecular formula is C15H14F2N4O2. The van der Waals surface area contributed by atoms with Crippen LogP contribution in [0.5, 0.6) is 0 Å². The van der Waals surface area contributed by atoms with E-state index in [4.69, 9.17) is 4.74 Å². The number of hydrogen-bond donors (Lipinski definition) is 1. The van der Waals surface area contributed by atoms with Gasteiger partial charge in [-0.3, -0.25) is 4.79 Å². The zero-order valence-electron chi connectivity index (χ0n) is 12.1. The van der Waals surface area contributed by atoms with Crippen LogP contribution in [0.25, 0.3) is 0 Å². The van der Waals surface area contributed by atoms with Gasteiger partial charge in [0.2, 0.25) is 5.95 Å². The Morgan fingerprint density at radius 2 is 1.87 bits per heavy atom. The molecule has 8 heteroatoms. The number of morpholine rings is 1. The first-order valence-corrected chi connectivity index (χ1v) is 7.04. The number of aromatic nitrogens is 2. The predicted octanol–water partition coefficient (Wildman–Crippen LogP) is 1.97. The Kier molecular flexibility index (Phi) is 4.42. The number of hydrogen-bond acceptors (Lipinski definition) is 5. The van der Waals surface area contributed by atoms with Gasteiger partial charge in [0.05, 0.1) is 24.5 Å². The van der Waals surface area contributed by atoms with Crippen LogP contribution >= 0.6 is 0 Å². The van der Waals surface area contributed by atoms with Crippen LogP contribution in [0.3, 0.4) is 0 Å². The number of carbonyl (C=O) groups excluding carboxylic acids is 1. The van der Waals surface area contributed by atoms with E-state index in [1.807, 2.05) is 0 Å². The van der Waals surface area contributed by atoms with Crippen LogP contribution in [0, 0.1) is 11.6 Å². The SMILES string of the molecule is O=C(c1cnc(Nc2ccc(F)cc2F)nc1)N1CCOCC1. The standard InChI is InChI=1S/C15H14F2N4O2/c16-11-1-2-13(12(17)7-11)20-15-18-8-10(9-19-15)14(22)21-3-5-23-6-4-21/h1-2,7-9H,3-6H2,(H,18,19,20). The molecule has 0 unspecified atom stereocenters. The fourth-order valence-corrected chi connectivity index (χ4v) is 2.16. The zero-order chi connectivity index (χ0) is 16.2. The van der Waals surface area contributed by atoms with E-state index in [9.17, 15) is 13.6 Å². The van der Waals surface area contributed by atoms with Crippen LogP contribution < -0.4 is 5.32 Å². The first kappa shape index (κ1) is 15.3. The molecule has 1 fully saturated rings. The summed E-state index contributed by atoms with van der Waals surface area (Å²) >= 11 is 0. The second kappa shape index (κ2) is 6.66. The van der Waals surface area contributed by atoms with E-state index in [1.54, 1.807) is 4.90 Å². The molecule has 1 aliphatic heterocycles.